The highest BCUT2D eigenvalue weighted by molar-refractivity contribution is 5.75. The van der Waals surface area contributed by atoms with Crippen LogP contribution in [0.1, 0.15) is 47.0 Å². The summed E-state index contributed by atoms with van der Waals surface area (Å²) in [6, 6.07) is 0. The third kappa shape index (κ3) is 13.3. The van der Waals surface area contributed by atoms with E-state index in [0.717, 1.165) is 26.0 Å². The Labute approximate surface area is 105 Å². The highest BCUT2D eigenvalue weighted by Crippen LogP contribution is 1.99. The molecule has 4 heteroatoms. The monoisotopic (exact) mass is 244 g/mol. The van der Waals surface area contributed by atoms with Crippen molar-refractivity contribution in [3.05, 3.63) is 0 Å². The van der Waals surface area contributed by atoms with Gasteiger partial charge in [-0.2, -0.15) is 0 Å². The molecule has 0 aliphatic heterocycles. The number of hydrogen-bond acceptors (Lipinski definition) is 3. The number of rotatable bonds is 9. The number of nitrogens with one attached hydrogen (secondary N) is 2. The van der Waals surface area contributed by atoms with Crippen LogP contribution in [0.15, 0.2) is 0 Å². The van der Waals surface area contributed by atoms with Crippen LogP contribution in [0.3, 0.4) is 0 Å². The Morgan fingerprint density at radius 3 is 2.41 bits per heavy atom. The summed E-state index contributed by atoms with van der Waals surface area (Å²) in [4.78, 5) is 10.9. The van der Waals surface area contributed by atoms with Gasteiger partial charge in [0.1, 0.15) is 0 Å². The Hall–Kier alpha value is -0.610. The summed E-state index contributed by atoms with van der Waals surface area (Å²) in [6.45, 7) is 11.4. The first-order chi connectivity index (χ1) is 7.95. The predicted octanol–water partition coefficient (Wildman–Crippen LogP) is 1.70. The van der Waals surface area contributed by atoms with E-state index in [1.807, 2.05) is 6.92 Å². The number of ether oxygens (including phenoxy) is 1. The normalized spacial score (nSPS) is 11.5. The molecule has 0 aliphatic rings. The minimum atomic E-state index is 0.0861. The molecule has 1 amide bonds. The van der Waals surface area contributed by atoms with E-state index in [0.29, 0.717) is 19.6 Å². The largest absolute Gasteiger partial charge is 0.380 e. The van der Waals surface area contributed by atoms with Crippen molar-refractivity contribution in [2.24, 2.45) is 0 Å². The Morgan fingerprint density at radius 1 is 1.12 bits per heavy atom. The van der Waals surface area contributed by atoms with Gasteiger partial charge < -0.3 is 15.4 Å². The van der Waals surface area contributed by atoms with Crippen LogP contribution in [0.4, 0.5) is 0 Å². The van der Waals surface area contributed by atoms with Crippen LogP contribution in [0.25, 0.3) is 0 Å². The van der Waals surface area contributed by atoms with Crippen LogP contribution in [0.2, 0.25) is 0 Å². The molecule has 0 fully saturated rings. The molecule has 4 nitrogen and oxygen atoms in total. The minimum absolute atomic E-state index is 0.0861. The molecule has 0 bridgehead atoms. The quantitative estimate of drug-likeness (QED) is 0.607. The molecule has 0 aromatic carbocycles. The number of amides is 1. The van der Waals surface area contributed by atoms with Gasteiger partial charge in [-0.25, -0.2) is 0 Å². The zero-order chi connectivity index (χ0) is 13.1. The van der Waals surface area contributed by atoms with Crippen LogP contribution < -0.4 is 10.6 Å². The first-order valence-electron chi connectivity index (χ1n) is 6.55. The number of unbranched alkanes of at least 4 members (excludes halogenated alkanes) is 1. The average Bonchev–Trinajstić information content (AvgIpc) is 2.25. The SMILES string of the molecule is CCC(=O)NCCOCCCCNC(C)(C)C. The van der Waals surface area contributed by atoms with Crippen molar-refractivity contribution in [2.45, 2.75) is 52.5 Å². The average molecular weight is 244 g/mol. The van der Waals surface area contributed by atoms with Gasteiger partial charge in [0.15, 0.2) is 0 Å². The van der Waals surface area contributed by atoms with E-state index in [1.165, 1.54) is 0 Å². The lowest BCUT2D eigenvalue weighted by atomic mass is 10.1. The van der Waals surface area contributed by atoms with Gasteiger partial charge in [-0.1, -0.05) is 6.92 Å². The van der Waals surface area contributed by atoms with E-state index < -0.39 is 0 Å². The molecule has 0 rings (SSSR count). The molecule has 0 saturated heterocycles. The van der Waals surface area contributed by atoms with Gasteiger partial charge >= 0.3 is 0 Å². The van der Waals surface area contributed by atoms with E-state index in [4.69, 9.17) is 4.74 Å². The van der Waals surface area contributed by atoms with Crippen molar-refractivity contribution in [3.63, 3.8) is 0 Å². The van der Waals surface area contributed by atoms with Gasteiger partial charge in [0.25, 0.3) is 0 Å². The standard InChI is InChI=1S/C13H28N2O2/c1-5-12(16)14-9-11-17-10-7-6-8-15-13(2,3)4/h15H,5-11H2,1-4H3,(H,14,16). The van der Waals surface area contributed by atoms with E-state index in [2.05, 4.69) is 31.4 Å². The van der Waals surface area contributed by atoms with Gasteiger partial charge in [0.2, 0.25) is 5.91 Å². The number of hydrogen-bond donors (Lipinski definition) is 2. The molecule has 0 radical (unpaired) electrons. The molecule has 0 atom stereocenters. The summed E-state index contributed by atoms with van der Waals surface area (Å²) in [7, 11) is 0. The topological polar surface area (TPSA) is 50.4 Å². The van der Waals surface area contributed by atoms with E-state index in [9.17, 15) is 4.79 Å². The molecule has 0 heterocycles. The van der Waals surface area contributed by atoms with Crippen molar-refractivity contribution in [2.75, 3.05) is 26.3 Å². The smallest absolute Gasteiger partial charge is 0.219 e. The molecular weight excluding hydrogens is 216 g/mol. The molecule has 0 saturated carbocycles. The van der Waals surface area contributed by atoms with Crippen molar-refractivity contribution >= 4 is 5.91 Å². The number of carbonyl (C=O) groups is 1. The second-order valence-electron chi connectivity index (χ2n) is 5.20. The third-order valence-corrected chi connectivity index (χ3v) is 2.26. The van der Waals surface area contributed by atoms with Crippen LogP contribution in [0, 0.1) is 0 Å². The van der Waals surface area contributed by atoms with E-state index in [-0.39, 0.29) is 11.4 Å². The van der Waals surface area contributed by atoms with Crippen molar-refractivity contribution in [3.8, 4) is 0 Å². The first-order valence-corrected chi connectivity index (χ1v) is 6.55. The van der Waals surface area contributed by atoms with Crippen molar-refractivity contribution in [1.29, 1.82) is 0 Å². The summed E-state index contributed by atoms with van der Waals surface area (Å²) in [6.07, 6.45) is 2.72. The molecule has 102 valence electrons. The lowest BCUT2D eigenvalue weighted by molar-refractivity contribution is -0.121. The maximum absolute atomic E-state index is 10.9. The fourth-order valence-corrected chi connectivity index (χ4v) is 1.28. The lowest BCUT2D eigenvalue weighted by Crippen LogP contribution is -2.36. The first kappa shape index (κ1) is 16.4. The van der Waals surface area contributed by atoms with Gasteiger partial charge in [0.05, 0.1) is 6.61 Å². The summed E-state index contributed by atoms with van der Waals surface area (Å²) in [5, 5.41) is 6.21. The molecule has 17 heavy (non-hydrogen) atoms. The zero-order valence-electron chi connectivity index (χ0n) is 11.8. The minimum Gasteiger partial charge on any atom is -0.380 e. The van der Waals surface area contributed by atoms with Crippen LogP contribution >= 0.6 is 0 Å². The highest BCUT2D eigenvalue weighted by Gasteiger charge is 2.06. The predicted molar refractivity (Wildman–Crippen MR) is 71.1 cm³/mol. The van der Waals surface area contributed by atoms with Crippen LogP contribution in [-0.2, 0) is 9.53 Å². The van der Waals surface area contributed by atoms with Crippen molar-refractivity contribution < 1.29 is 9.53 Å². The Balaban J connectivity index is 3.12. The van der Waals surface area contributed by atoms with Crippen LogP contribution in [0.5, 0.6) is 0 Å². The summed E-state index contributed by atoms with van der Waals surface area (Å²) in [5.74, 6) is 0.0861. The number of carbonyl (C=O) groups excluding carboxylic acids is 1. The van der Waals surface area contributed by atoms with Gasteiger partial charge in [-0.3, -0.25) is 4.79 Å². The Kier molecular flexibility index (Phi) is 9.09. The van der Waals surface area contributed by atoms with E-state index in [1.54, 1.807) is 0 Å². The molecule has 0 aromatic heterocycles. The van der Waals surface area contributed by atoms with Gasteiger partial charge in [-0.05, 0) is 40.2 Å². The summed E-state index contributed by atoms with van der Waals surface area (Å²) < 4.78 is 5.42. The lowest BCUT2D eigenvalue weighted by Gasteiger charge is -2.20. The molecule has 2 N–H and O–H groups in total. The van der Waals surface area contributed by atoms with Gasteiger partial charge in [-0.15, -0.1) is 0 Å². The van der Waals surface area contributed by atoms with E-state index >= 15 is 0 Å². The maximum Gasteiger partial charge on any atom is 0.219 e. The summed E-state index contributed by atoms with van der Waals surface area (Å²) >= 11 is 0. The third-order valence-electron chi connectivity index (χ3n) is 2.26. The molecular formula is C13H28N2O2. The fourth-order valence-electron chi connectivity index (χ4n) is 1.28. The molecule has 0 unspecified atom stereocenters. The van der Waals surface area contributed by atoms with Crippen molar-refractivity contribution in [1.82, 2.24) is 10.6 Å². The Bertz CT molecular complexity index is 200. The van der Waals surface area contributed by atoms with Gasteiger partial charge in [0, 0.05) is 25.1 Å². The highest BCUT2D eigenvalue weighted by atomic mass is 16.5. The van der Waals surface area contributed by atoms with Crippen LogP contribution in [-0.4, -0.2) is 37.7 Å². The molecule has 0 aliphatic carbocycles. The Morgan fingerprint density at radius 2 is 1.82 bits per heavy atom. The zero-order valence-corrected chi connectivity index (χ0v) is 11.8. The fraction of sp³-hybridized carbons (Fsp3) is 0.923. The summed E-state index contributed by atoms with van der Waals surface area (Å²) in [5.41, 5.74) is 0.200. The second kappa shape index (κ2) is 9.42. The molecule has 0 aromatic rings. The molecule has 0 spiro atoms. The second-order valence-corrected chi connectivity index (χ2v) is 5.20. The maximum atomic E-state index is 10.9.